The molecule has 26 heavy (non-hydrogen) atoms. The number of nitrogens with one attached hydrogen (secondary N) is 1. The van der Waals surface area contributed by atoms with Crippen LogP contribution in [-0.4, -0.2) is 51.7 Å². The molecule has 1 aromatic heterocycles. The van der Waals surface area contributed by atoms with Crippen LogP contribution in [0.25, 0.3) is 5.69 Å². The van der Waals surface area contributed by atoms with Gasteiger partial charge in [-0.3, -0.25) is 14.9 Å². The summed E-state index contributed by atoms with van der Waals surface area (Å²) >= 11 is 12.2. The Labute approximate surface area is 165 Å². The fraction of sp³-hybridized carbons (Fsp3) is 0.333. The number of non-ortho nitro benzene ring substituents is 1. The Hall–Kier alpha value is -1.87. The highest BCUT2D eigenvalue weighted by molar-refractivity contribution is 6.38. The molecule has 11 heteroatoms. The van der Waals surface area contributed by atoms with Crippen LogP contribution >= 0.6 is 35.6 Å². The van der Waals surface area contributed by atoms with Gasteiger partial charge in [0.15, 0.2) is 5.69 Å². The first kappa shape index (κ1) is 20.4. The summed E-state index contributed by atoms with van der Waals surface area (Å²) in [6, 6.07) is 4.09. The number of rotatable bonds is 4. The Morgan fingerprint density at radius 2 is 2.08 bits per heavy atom. The zero-order chi connectivity index (χ0) is 18.1. The van der Waals surface area contributed by atoms with Crippen molar-refractivity contribution in [2.24, 2.45) is 0 Å². The molecule has 1 atom stereocenters. The number of nitro benzene ring substituents is 1. The number of carbonyl (C=O) groups excluding carboxylic acids is 1. The van der Waals surface area contributed by atoms with Gasteiger partial charge in [-0.05, 0) is 19.0 Å². The summed E-state index contributed by atoms with van der Waals surface area (Å²) in [7, 11) is 1.74. The van der Waals surface area contributed by atoms with Gasteiger partial charge in [-0.2, -0.15) is 5.10 Å². The molecule has 1 aromatic carbocycles. The van der Waals surface area contributed by atoms with Crippen LogP contribution in [0.1, 0.15) is 16.9 Å². The molecule has 140 valence electrons. The Kier molecular flexibility index (Phi) is 6.46. The molecule has 0 spiro atoms. The van der Waals surface area contributed by atoms with Crippen LogP contribution in [0.5, 0.6) is 0 Å². The third-order valence-electron chi connectivity index (χ3n) is 4.15. The third-order valence-corrected chi connectivity index (χ3v) is 4.73. The van der Waals surface area contributed by atoms with Gasteiger partial charge in [0.05, 0.1) is 15.0 Å². The quantitative estimate of drug-likeness (QED) is 0.606. The number of benzene rings is 1. The fourth-order valence-corrected chi connectivity index (χ4v) is 3.40. The molecular formula is C15H16Cl3N5O3. The van der Waals surface area contributed by atoms with Crippen molar-refractivity contribution in [2.45, 2.75) is 12.5 Å². The van der Waals surface area contributed by atoms with Crippen molar-refractivity contribution in [3.8, 4) is 5.69 Å². The van der Waals surface area contributed by atoms with E-state index in [1.54, 1.807) is 24.2 Å². The van der Waals surface area contributed by atoms with Crippen LogP contribution < -0.4 is 5.32 Å². The minimum Gasteiger partial charge on any atom is -0.336 e. The van der Waals surface area contributed by atoms with E-state index in [4.69, 9.17) is 23.2 Å². The molecule has 0 bridgehead atoms. The molecule has 8 nitrogen and oxygen atoms in total. The van der Waals surface area contributed by atoms with E-state index in [9.17, 15) is 14.9 Å². The number of aromatic nitrogens is 2. The van der Waals surface area contributed by atoms with E-state index in [1.165, 1.54) is 16.8 Å². The molecule has 1 amide bonds. The van der Waals surface area contributed by atoms with E-state index in [0.717, 1.165) is 19.5 Å². The number of halogens is 3. The van der Waals surface area contributed by atoms with Gasteiger partial charge >= 0.3 is 0 Å². The number of likely N-dealkylation sites (N-methyl/N-ethyl adjacent to an activating group) is 1. The van der Waals surface area contributed by atoms with E-state index in [-0.39, 0.29) is 51.5 Å². The largest absolute Gasteiger partial charge is 0.336 e. The first-order chi connectivity index (χ1) is 11.9. The first-order valence-electron chi connectivity index (χ1n) is 7.56. The zero-order valence-corrected chi connectivity index (χ0v) is 16.0. The average Bonchev–Trinajstić information content (AvgIpc) is 3.24. The lowest BCUT2D eigenvalue weighted by Crippen LogP contribution is -2.38. The number of hydrogen-bond donors (Lipinski definition) is 1. The maximum atomic E-state index is 12.6. The molecule has 2 aromatic rings. The van der Waals surface area contributed by atoms with E-state index in [0.29, 0.717) is 0 Å². The van der Waals surface area contributed by atoms with Crippen molar-refractivity contribution in [1.29, 1.82) is 0 Å². The Morgan fingerprint density at radius 3 is 2.62 bits per heavy atom. The van der Waals surface area contributed by atoms with Crippen molar-refractivity contribution in [3.05, 3.63) is 50.2 Å². The third kappa shape index (κ3) is 3.93. The van der Waals surface area contributed by atoms with Crippen molar-refractivity contribution in [3.63, 3.8) is 0 Å². The van der Waals surface area contributed by atoms with Gasteiger partial charge < -0.3 is 10.2 Å². The molecule has 0 aliphatic carbocycles. The smallest absolute Gasteiger partial charge is 0.274 e. The van der Waals surface area contributed by atoms with Crippen LogP contribution in [0.3, 0.4) is 0 Å². The second-order valence-corrected chi connectivity index (χ2v) is 6.54. The number of nitrogens with zero attached hydrogens (tertiary/aromatic N) is 4. The highest BCUT2D eigenvalue weighted by Gasteiger charge is 2.26. The molecule has 1 aliphatic heterocycles. The lowest BCUT2D eigenvalue weighted by atomic mass is 10.2. The van der Waals surface area contributed by atoms with Crippen LogP contribution in [0, 0.1) is 10.1 Å². The van der Waals surface area contributed by atoms with E-state index < -0.39 is 4.92 Å². The van der Waals surface area contributed by atoms with Crippen molar-refractivity contribution >= 4 is 47.2 Å². The number of nitro groups is 1. The maximum absolute atomic E-state index is 12.6. The maximum Gasteiger partial charge on any atom is 0.274 e. The summed E-state index contributed by atoms with van der Waals surface area (Å²) in [6.45, 7) is 1.63. The van der Waals surface area contributed by atoms with Crippen molar-refractivity contribution < 1.29 is 9.72 Å². The summed E-state index contributed by atoms with van der Waals surface area (Å²) in [4.78, 5) is 24.5. The normalized spacial score (nSPS) is 16.2. The van der Waals surface area contributed by atoms with E-state index in [1.807, 2.05) is 0 Å². The summed E-state index contributed by atoms with van der Waals surface area (Å²) in [5, 5.41) is 18.5. The van der Waals surface area contributed by atoms with Crippen LogP contribution in [0.2, 0.25) is 10.0 Å². The summed E-state index contributed by atoms with van der Waals surface area (Å²) < 4.78 is 1.35. The fourth-order valence-electron chi connectivity index (χ4n) is 2.76. The number of amides is 1. The van der Waals surface area contributed by atoms with Gasteiger partial charge in [0.1, 0.15) is 5.69 Å². The topological polar surface area (TPSA) is 93.3 Å². The lowest BCUT2D eigenvalue weighted by molar-refractivity contribution is -0.384. The van der Waals surface area contributed by atoms with E-state index in [2.05, 4.69) is 10.4 Å². The zero-order valence-electron chi connectivity index (χ0n) is 13.7. The molecule has 3 rings (SSSR count). The summed E-state index contributed by atoms with van der Waals surface area (Å²) in [5.74, 6) is -0.207. The molecular weight excluding hydrogens is 405 g/mol. The van der Waals surface area contributed by atoms with Gasteiger partial charge in [-0.1, -0.05) is 23.2 Å². The SMILES string of the molecule is CN(C(=O)c1ccn(-c2c(Cl)cc([N+](=O)[O-])cc2Cl)n1)C1CCNC1.Cl. The molecule has 1 saturated heterocycles. The monoisotopic (exact) mass is 419 g/mol. The van der Waals surface area contributed by atoms with Gasteiger partial charge in [-0.15, -0.1) is 12.4 Å². The second-order valence-electron chi connectivity index (χ2n) is 5.72. The number of hydrogen-bond acceptors (Lipinski definition) is 5. The van der Waals surface area contributed by atoms with Crippen molar-refractivity contribution in [2.75, 3.05) is 20.1 Å². The van der Waals surface area contributed by atoms with Crippen molar-refractivity contribution in [1.82, 2.24) is 20.0 Å². The second kappa shape index (κ2) is 8.22. The Morgan fingerprint density at radius 1 is 1.42 bits per heavy atom. The first-order valence-corrected chi connectivity index (χ1v) is 8.31. The number of carbonyl (C=O) groups is 1. The van der Waals surface area contributed by atoms with Gasteiger partial charge in [0.25, 0.3) is 11.6 Å². The molecule has 1 aliphatic rings. The molecule has 1 fully saturated rings. The highest BCUT2D eigenvalue weighted by atomic mass is 35.5. The van der Waals surface area contributed by atoms with Crippen LogP contribution in [0.4, 0.5) is 5.69 Å². The van der Waals surface area contributed by atoms with Crippen LogP contribution in [-0.2, 0) is 0 Å². The van der Waals surface area contributed by atoms with Gasteiger partial charge in [0.2, 0.25) is 0 Å². The Bertz CT molecular complexity index is 813. The Balaban J connectivity index is 0.00000243. The summed E-state index contributed by atoms with van der Waals surface area (Å²) in [6.07, 6.45) is 2.44. The molecule has 0 radical (unpaired) electrons. The minimum absolute atomic E-state index is 0. The highest BCUT2D eigenvalue weighted by Crippen LogP contribution is 2.32. The van der Waals surface area contributed by atoms with Gasteiger partial charge in [-0.25, -0.2) is 4.68 Å². The predicted octanol–water partition coefficient (Wildman–Crippen LogP) is 2.94. The van der Waals surface area contributed by atoms with Gasteiger partial charge in [0, 0.05) is 38.0 Å². The molecule has 1 N–H and O–H groups in total. The summed E-state index contributed by atoms with van der Waals surface area (Å²) in [5.41, 5.74) is 0.328. The van der Waals surface area contributed by atoms with Crippen LogP contribution in [0.15, 0.2) is 24.4 Å². The standard InChI is InChI=1S/C15H15Cl2N5O3.ClH/c1-20(9-2-4-18-8-9)15(23)13-3-5-21(19-13)14-11(16)6-10(22(24)25)7-12(14)17;/h3,5-7,9,18H,2,4,8H2,1H3;1H. The average molecular weight is 421 g/mol. The predicted molar refractivity (Wildman–Crippen MR) is 101 cm³/mol. The minimum atomic E-state index is -0.579. The molecule has 1 unspecified atom stereocenters. The lowest BCUT2D eigenvalue weighted by Gasteiger charge is -2.22. The molecule has 0 saturated carbocycles. The molecule has 2 heterocycles. The van der Waals surface area contributed by atoms with E-state index >= 15 is 0 Å².